The summed E-state index contributed by atoms with van der Waals surface area (Å²) in [6.45, 7) is 5.38. The van der Waals surface area contributed by atoms with Crippen molar-refractivity contribution in [1.29, 1.82) is 0 Å². The van der Waals surface area contributed by atoms with Crippen molar-refractivity contribution in [2.75, 3.05) is 11.5 Å². The summed E-state index contributed by atoms with van der Waals surface area (Å²) in [6.07, 6.45) is 1.36. The molecule has 0 aliphatic heterocycles. The van der Waals surface area contributed by atoms with Gasteiger partial charge >= 0.3 is 0 Å². The van der Waals surface area contributed by atoms with Gasteiger partial charge in [0.2, 0.25) is 0 Å². The molecule has 46 valence electrons. The monoisotopic (exact) mass is 130 g/mol. The highest BCUT2D eigenvalue weighted by Gasteiger charge is 1.90. The van der Waals surface area contributed by atoms with Gasteiger partial charge < -0.3 is 0 Å². The second kappa shape index (κ2) is 4.91. The second-order valence-electron chi connectivity index (χ2n) is 1.31. The van der Waals surface area contributed by atoms with Crippen molar-refractivity contribution in [3.8, 4) is 0 Å². The molecule has 0 fully saturated rings. The first kappa shape index (κ1) is 7.76. The number of hydrogen-bond acceptors (Lipinski definition) is 2. The first-order valence-corrected chi connectivity index (χ1v) is 3.69. The van der Waals surface area contributed by atoms with Crippen LogP contribution in [-0.4, -0.2) is 17.3 Å². The summed E-state index contributed by atoms with van der Waals surface area (Å²) < 4.78 is 0. The van der Waals surface area contributed by atoms with Gasteiger partial charge in [-0.05, 0) is 11.8 Å². The van der Waals surface area contributed by atoms with Crippen LogP contribution in [0.15, 0.2) is 12.7 Å². The molecule has 0 N–H and O–H groups in total. The minimum absolute atomic E-state index is 0.122. The van der Waals surface area contributed by atoms with Crippen LogP contribution in [-0.2, 0) is 4.79 Å². The molecule has 1 nitrogen and oxygen atoms in total. The molecule has 8 heavy (non-hydrogen) atoms. The van der Waals surface area contributed by atoms with Gasteiger partial charge in [0.25, 0.3) is 0 Å². The van der Waals surface area contributed by atoms with Crippen LogP contribution in [0.25, 0.3) is 0 Å². The first-order valence-electron chi connectivity index (χ1n) is 2.54. The number of thioether (sulfide) groups is 1. The van der Waals surface area contributed by atoms with Gasteiger partial charge in [0, 0.05) is 0 Å². The zero-order chi connectivity index (χ0) is 6.41. The van der Waals surface area contributed by atoms with Crippen LogP contribution in [0.1, 0.15) is 6.92 Å². The Morgan fingerprint density at radius 1 is 1.88 bits per heavy atom. The van der Waals surface area contributed by atoms with Crippen molar-refractivity contribution < 1.29 is 4.79 Å². The maximum atomic E-state index is 10.4. The van der Waals surface area contributed by atoms with Gasteiger partial charge in [0.05, 0.1) is 5.75 Å². The van der Waals surface area contributed by atoms with E-state index in [1.54, 1.807) is 11.8 Å². The quantitative estimate of drug-likeness (QED) is 0.536. The molecule has 0 saturated heterocycles. The molecule has 0 atom stereocenters. The molecule has 0 aliphatic carbocycles. The van der Waals surface area contributed by atoms with Crippen LogP contribution in [0.2, 0.25) is 0 Å². The van der Waals surface area contributed by atoms with Gasteiger partial charge in [0.15, 0.2) is 5.78 Å². The zero-order valence-electron chi connectivity index (χ0n) is 5.02. The Morgan fingerprint density at radius 3 is 2.88 bits per heavy atom. The predicted octanol–water partition coefficient (Wildman–Crippen LogP) is 1.49. The van der Waals surface area contributed by atoms with Crippen LogP contribution in [0, 0.1) is 0 Å². The van der Waals surface area contributed by atoms with Crippen LogP contribution in [0.4, 0.5) is 0 Å². The van der Waals surface area contributed by atoms with Crippen molar-refractivity contribution >= 4 is 17.5 Å². The molecular weight excluding hydrogens is 120 g/mol. The molecule has 0 heterocycles. The molecule has 0 aromatic carbocycles. The number of carbonyl (C=O) groups is 1. The molecule has 0 unspecified atom stereocenters. The lowest BCUT2D eigenvalue weighted by atomic mass is 10.5. The molecule has 2 heteroatoms. The fourth-order valence-electron chi connectivity index (χ4n) is 0.262. The Kier molecular flexibility index (Phi) is 4.76. The Morgan fingerprint density at radius 2 is 2.50 bits per heavy atom. The Balaban J connectivity index is 3.11. The van der Waals surface area contributed by atoms with E-state index in [2.05, 4.69) is 6.58 Å². The summed E-state index contributed by atoms with van der Waals surface area (Å²) in [5, 5.41) is 0. The van der Waals surface area contributed by atoms with E-state index in [1.165, 1.54) is 6.08 Å². The Hall–Kier alpha value is -0.240. The minimum Gasteiger partial charge on any atom is -0.294 e. The number of carbonyl (C=O) groups excluding carboxylic acids is 1. The topological polar surface area (TPSA) is 17.1 Å². The SMILES string of the molecule is C=CC(=O)CSCC. The third-order valence-corrected chi connectivity index (χ3v) is 1.57. The molecule has 0 bridgehead atoms. The molecule has 0 aliphatic rings. The van der Waals surface area contributed by atoms with E-state index in [1.807, 2.05) is 6.92 Å². The van der Waals surface area contributed by atoms with E-state index in [-0.39, 0.29) is 5.78 Å². The predicted molar refractivity (Wildman–Crippen MR) is 38.2 cm³/mol. The number of hydrogen-bond donors (Lipinski definition) is 0. The van der Waals surface area contributed by atoms with E-state index < -0.39 is 0 Å². The van der Waals surface area contributed by atoms with Crippen LogP contribution < -0.4 is 0 Å². The molecule has 0 rings (SSSR count). The lowest BCUT2D eigenvalue weighted by molar-refractivity contribution is -0.112. The maximum absolute atomic E-state index is 10.4. The third kappa shape index (κ3) is 3.93. The largest absolute Gasteiger partial charge is 0.294 e. The molecule has 0 saturated carbocycles. The smallest absolute Gasteiger partial charge is 0.164 e. The van der Waals surface area contributed by atoms with Crippen molar-refractivity contribution in [3.05, 3.63) is 12.7 Å². The lowest BCUT2D eigenvalue weighted by Crippen LogP contribution is -1.94. The summed E-state index contributed by atoms with van der Waals surface area (Å²) in [5.74, 6) is 1.70. The van der Waals surface area contributed by atoms with E-state index in [4.69, 9.17) is 0 Å². The van der Waals surface area contributed by atoms with Crippen LogP contribution in [0.5, 0.6) is 0 Å². The summed E-state index contributed by atoms with van der Waals surface area (Å²) >= 11 is 1.62. The standard InChI is InChI=1S/C6H10OS/c1-3-6(7)5-8-4-2/h3H,1,4-5H2,2H3. The fourth-order valence-corrected chi connectivity index (χ4v) is 0.785. The summed E-state index contributed by atoms with van der Waals surface area (Å²) in [7, 11) is 0. The van der Waals surface area contributed by atoms with Crippen molar-refractivity contribution in [2.45, 2.75) is 6.92 Å². The highest BCUT2D eigenvalue weighted by atomic mass is 32.2. The van der Waals surface area contributed by atoms with E-state index in [0.29, 0.717) is 5.75 Å². The van der Waals surface area contributed by atoms with Gasteiger partial charge in [-0.1, -0.05) is 13.5 Å². The van der Waals surface area contributed by atoms with Crippen molar-refractivity contribution in [2.24, 2.45) is 0 Å². The highest BCUT2D eigenvalue weighted by molar-refractivity contribution is 7.99. The highest BCUT2D eigenvalue weighted by Crippen LogP contribution is 1.97. The van der Waals surface area contributed by atoms with Gasteiger partial charge in [-0.2, -0.15) is 11.8 Å². The van der Waals surface area contributed by atoms with Crippen molar-refractivity contribution in [1.82, 2.24) is 0 Å². The zero-order valence-corrected chi connectivity index (χ0v) is 5.83. The van der Waals surface area contributed by atoms with Gasteiger partial charge in [-0.3, -0.25) is 4.79 Å². The molecule has 0 radical (unpaired) electrons. The van der Waals surface area contributed by atoms with E-state index >= 15 is 0 Å². The lowest BCUT2D eigenvalue weighted by Gasteiger charge is -1.88. The third-order valence-electron chi connectivity index (χ3n) is 0.676. The minimum atomic E-state index is 0.122. The Bertz CT molecular complexity index is 88.5. The maximum Gasteiger partial charge on any atom is 0.164 e. The van der Waals surface area contributed by atoms with E-state index in [0.717, 1.165) is 5.75 Å². The Labute approximate surface area is 54.2 Å². The molecule has 0 aromatic heterocycles. The molecule has 0 spiro atoms. The molecular formula is C6H10OS. The summed E-state index contributed by atoms with van der Waals surface area (Å²) in [6, 6.07) is 0. The van der Waals surface area contributed by atoms with E-state index in [9.17, 15) is 4.79 Å². The van der Waals surface area contributed by atoms with Crippen LogP contribution >= 0.6 is 11.8 Å². The van der Waals surface area contributed by atoms with Gasteiger partial charge in [-0.15, -0.1) is 0 Å². The summed E-state index contributed by atoms with van der Waals surface area (Å²) in [4.78, 5) is 10.4. The normalized spacial score (nSPS) is 8.62. The fraction of sp³-hybridized carbons (Fsp3) is 0.500. The van der Waals surface area contributed by atoms with Gasteiger partial charge in [0.1, 0.15) is 0 Å². The van der Waals surface area contributed by atoms with Crippen LogP contribution in [0.3, 0.4) is 0 Å². The molecule has 0 aromatic rings. The number of ketones is 1. The van der Waals surface area contributed by atoms with Crippen molar-refractivity contribution in [3.63, 3.8) is 0 Å². The number of rotatable bonds is 4. The number of allylic oxidation sites excluding steroid dienone is 1. The average Bonchev–Trinajstić information content (AvgIpc) is 1.83. The summed E-state index contributed by atoms with van der Waals surface area (Å²) in [5.41, 5.74) is 0. The van der Waals surface area contributed by atoms with Gasteiger partial charge in [-0.25, -0.2) is 0 Å². The molecule has 0 amide bonds. The first-order chi connectivity index (χ1) is 3.81. The second-order valence-corrected chi connectivity index (χ2v) is 2.58. The average molecular weight is 130 g/mol.